The Morgan fingerprint density at radius 2 is 2.27 bits per heavy atom. The lowest BCUT2D eigenvalue weighted by Gasteiger charge is -2.13. The number of hydrogen-bond acceptors (Lipinski definition) is 3. The van der Waals surface area contributed by atoms with Gasteiger partial charge in [0.1, 0.15) is 11.5 Å². The molecule has 1 aromatic carbocycles. The van der Waals surface area contributed by atoms with E-state index in [1.807, 2.05) is 6.92 Å². The molecule has 0 aliphatic rings. The molecule has 1 N–H and O–H groups in total. The Morgan fingerprint density at radius 1 is 1.53 bits per heavy atom. The fraction of sp³-hybridized carbons (Fsp3) is 0.417. The first-order chi connectivity index (χ1) is 7.17. The maximum absolute atomic E-state index is 10.5. The summed E-state index contributed by atoms with van der Waals surface area (Å²) in [6.45, 7) is 4.07. The van der Waals surface area contributed by atoms with Gasteiger partial charge in [-0.15, -0.1) is 0 Å². The van der Waals surface area contributed by atoms with Crippen molar-refractivity contribution in [2.45, 2.75) is 32.8 Å². The minimum absolute atomic E-state index is 0.0359. The average molecular weight is 208 g/mol. The van der Waals surface area contributed by atoms with Crippen LogP contribution in [0.5, 0.6) is 11.5 Å². The summed E-state index contributed by atoms with van der Waals surface area (Å²) in [7, 11) is 0. The largest absolute Gasteiger partial charge is 0.507 e. The third kappa shape index (κ3) is 3.27. The van der Waals surface area contributed by atoms with E-state index >= 15 is 0 Å². The molecule has 1 aromatic rings. The summed E-state index contributed by atoms with van der Waals surface area (Å²) < 4.78 is 5.56. The van der Waals surface area contributed by atoms with Gasteiger partial charge in [0.15, 0.2) is 6.29 Å². The van der Waals surface area contributed by atoms with Gasteiger partial charge in [0.25, 0.3) is 0 Å². The molecule has 0 aliphatic heterocycles. The number of benzene rings is 1. The van der Waals surface area contributed by atoms with Crippen LogP contribution < -0.4 is 4.74 Å². The van der Waals surface area contributed by atoms with Crippen molar-refractivity contribution in [3.05, 3.63) is 23.8 Å². The molecule has 0 fully saturated rings. The number of hydrogen-bond donors (Lipinski definition) is 1. The maximum Gasteiger partial charge on any atom is 0.153 e. The molecule has 0 saturated carbocycles. The minimum Gasteiger partial charge on any atom is -0.507 e. The fourth-order valence-electron chi connectivity index (χ4n) is 1.39. The van der Waals surface area contributed by atoms with E-state index in [0.29, 0.717) is 12.0 Å². The molecular weight excluding hydrogens is 192 g/mol. The van der Waals surface area contributed by atoms with Crippen LogP contribution in [-0.2, 0) is 0 Å². The van der Waals surface area contributed by atoms with Gasteiger partial charge in [-0.25, -0.2) is 0 Å². The summed E-state index contributed by atoms with van der Waals surface area (Å²) in [5, 5.41) is 9.42. The van der Waals surface area contributed by atoms with Gasteiger partial charge < -0.3 is 9.84 Å². The highest BCUT2D eigenvalue weighted by Crippen LogP contribution is 2.23. The first kappa shape index (κ1) is 11.6. The van der Waals surface area contributed by atoms with Crippen molar-refractivity contribution in [2.24, 2.45) is 0 Å². The van der Waals surface area contributed by atoms with Crippen LogP contribution in [0.25, 0.3) is 0 Å². The second kappa shape index (κ2) is 5.39. The highest BCUT2D eigenvalue weighted by molar-refractivity contribution is 5.79. The molecule has 0 saturated heterocycles. The third-order valence-electron chi connectivity index (χ3n) is 2.16. The van der Waals surface area contributed by atoms with Gasteiger partial charge >= 0.3 is 0 Å². The Kier molecular flexibility index (Phi) is 4.16. The molecule has 0 amide bonds. The summed E-state index contributed by atoms with van der Waals surface area (Å²) in [5.74, 6) is 0.560. The molecule has 0 heterocycles. The molecule has 1 unspecified atom stereocenters. The highest BCUT2D eigenvalue weighted by atomic mass is 16.5. The standard InChI is InChI=1S/C12H16O3/c1-3-4-9(2)15-11-6-5-10(8-13)12(14)7-11/h5-9,14H,3-4H2,1-2H3. The molecule has 0 bridgehead atoms. The average Bonchev–Trinajstić information content (AvgIpc) is 2.18. The minimum atomic E-state index is -0.0359. The number of ether oxygens (including phenoxy) is 1. The van der Waals surface area contributed by atoms with Crippen molar-refractivity contribution in [1.29, 1.82) is 0 Å². The van der Waals surface area contributed by atoms with Gasteiger partial charge in [0.2, 0.25) is 0 Å². The van der Waals surface area contributed by atoms with Crippen molar-refractivity contribution in [2.75, 3.05) is 0 Å². The van der Waals surface area contributed by atoms with Crippen LogP contribution in [0.3, 0.4) is 0 Å². The molecule has 0 radical (unpaired) electrons. The Balaban J connectivity index is 2.70. The zero-order chi connectivity index (χ0) is 11.3. The van der Waals surface area contributed by atoms with E-state index in [2.05, 4.69) is 6.92 Å². The molecule has 0 aliphatic carbocycles. The van der Waals surface area contributed by atoms with Gasteiger partial charge in [-0.2, -0.15) is 0 Å². The summed E-state index contributed by atoms with van der Waals surface area (Å²) >= 11 is 0. The predicted molar refractivity (Wildman–Crippen MR) is 58.5 cm³/mol. The molecule has 3 nitrogen and oxygen atoms in total. The fourth-order valence-corrected chi connectivity index (χ4v) is 1.39. The van der Waals surface area contributed by atoms with Crippen molar-refractivity contribution >= 4 is 6.29 Å². The highest BCUT2D eigenvalue weighted by Gasteiger charge is 2.05. The Morgan fingerprint density at radius 3 is 2.80 bits per heavy atom. The van der Waals surface area contributed by atoms with Crippen molar-refractivity contribution in [3.8, 4) is 11.5 Å². The molecular formula is C12H16O3. The zero-order valence-electron chi connectivity index (χ0n) is 9.06. The normalized spacial score (nSPS) is 12.1. The number of carbonyl (C=O) groups is 1. The first-order valence-corrected chi connectivity index (χ1v) is 5.12. The van der Waals surface area contributed by atoms with Crippen LogP contribution in [0.1, 0.15) is 37.0 Å². The van der Waals surface area contributed by atoms with Crippen LogP contribution in [0.4, 0.5) is 0 Å². The van der Waals surface area contributed by atoms with Crippen LogP contribution >= 0.6 is 0 Å². The topological polar surface area (TPSA) is 46.5 Å². The Hall–Kier alpha value is -1.51. The number of phenols is 1. The number of rotatable bonds is 5. The van der Waals surface area contributed by atoms with E-state index in [1.54, 1.807) is 12.1 Å². The quantitative estimate of drug-likeness (QED) is 0.757. The summed E-state index contributed by atoms with van der Waals surface area (Å²) in [6.07, 6.45) is 2.76. The molecule has 0 aromatic heterocycles. The van der Waals surface area contributed by atoms with Gasteiger partial charge in [-0.3, -0.25) is 4.79 Å². The summed E-state index contributed by atoms with van der Waals surface area (Å²) in [4.78, 5) is 10.5. The van der Waals surface area contributed by atoms with Crippen molar-refractivity contribution in [3.63, 3.8) is 0 Å². The van der Waals surface area contributed by atoms with Crippen LogP contribution in [0, 0.1) is 0 Å². The van der Waals surface area contributed by atoms with E-state index in [9.17, 15) is 9.90 Å². The lowest BCUT2D eigenvalue weighted by molar-refractivity contribution is 0.112. The van der Waals surface area contributed by atoms with Crippen LogP contribution in [-0.4, -0.2) is 17.5 Å². The van der Waals surface area contributed by atoms with E-state index in [-0.39, 0.29) is 17.4 Å². The lowest BCUT2D eigenvalue weighted by atomic mass is 10.2. The zero-order valence-corrected chi connectivity index (χ0v) is 9.06. The van der Waals surface area contributed by atoms with Gasteiger partial charge in [-0.05, 0) is 25.5 Å². The van der Waals surface area contributed by atoms with E-state index in [0.717, 1.165) is 12.8 Å². The SMILES string of the molecule is CCCC(C)Oc1ccc(C=O)c(O)c1. The molecule has 0 spiro atoms. The smallest absolute Gasteiger partial charge is 0.153 e. The molecule has 15 heavy (non-hydrogen) atoms. The molecule has 3 heteroatoms. The summed E-state index contributed by atoms with van der Waals surface area (Å²) in [6, 6.07) is 4.71. The van der Waals surface area contributed by atoms with E-state index in [4.69, 9.17) is 4.74 Å². The summed E-state index contributed by atoms with van der Waals surface area (Å²) in [5.41, 5.74) is 0.283. The molecule has 82 valence electrons. The number of carbonyl (C=O) groups excluding carboxylic acids is 1. The second-order valence-corrected chi connectivity index (χ2v) is 3.56. The maximum atomic E-state index is 10.5. The van der Waals surface area contributed by atoms with Gasteiger partial charge in [-0.1, -0.05) is 13.3 Å². The van der Waals surface area contributed by atoms with E-state index in [1.165, 1.54) is 6.07 Å². The Labute approximate surface area is 89.7 Å². The second-order valence-electron chi connectivity index (χ2n) is 3.56. The number of phenolic OH excluding ortho intramolecular Hbond substituents is 1. The lowest BCUT2D eigenvalue weighted by Crippen LogP contribution is -2.10. The third-order valence-corrected chi connectivity index (χ3v) is 2.16. The Bertz CT molecular complexity index is 334. The molecule has 1 rings (SSSR count). The monoisotopic (exact) mass is 208 g/mol. The number of aldehydes is 1. The van der Waals surface area contributed by atoms with Crippen LogP contribution in [0.15, 0.2) is 18.2 Å². The van der Waals surface area contributed by atoms with Crippen molar-refractivity contribution < 1.29 is 14.6 Å². The van der Waals surface area contributed by atoms with Gasteiger partial charge in [0, 0.05) is 6.07 Å². The number of aromatic hydroxyl groups is 1. The van der Waals surface area contributed by atoms with Gasteiger partial charge in [0.05, 0.1) is 11.7 Å². The van der Waals surface area contributed by atoms with E-state index < -0.39 is 0 Å². The first-order valence-electron chi connectivity index (χ1n) is 5.12. The molecule has 1 atom stereocenters. The van der Waals surface area contributed by atoms with Crippen LogP contribution in [0.2, 0.25) is 0 Å². The van der Waals surface area contributed by atoms with Crippen molar-refractivity contribution in [1.82, 2.24) is 0 Å². The predicted octanol–water partition coefficient (Wildman–Crippen LogP) is 2.77.